The van der Waals surface area contributed by atoms with Gasteiger partial charge in [-0.3, -0.25) is 0 Å². The number of hydrogen-bond acceptors (Lipinski definition) is 2. The topological polar surface area (TPSA) is 40.5 Å². The van der Waals surface area contributed by atoms with Crippen molar-refractivity contribution in [3.8, 4) is 0 Å². The second-order valence-electron chi connectivity index (χ2n) is 12.1. The summed E-state index contributed by atoms with van der Waals surface area (Å²) in [6.07, 6.45) is 17.9. The fourth-order valence-electron chi connectivity index (χ4n) is 6.90. The van der Waals surface area contributed by atoms with Gasteiger partial charge in [-0.25, -0.2) is 0 Å². The molecule has 0 spiro atoms. The van der Waals surface area contributed by atoms with Crippen molar-refractivity contribution in [2.45, 2.75) is 128 Å². The zero-order valence-corrected chi connectivity index (χ0v) is 23.0. The normalized spacial score (nSPS) is 28.8. The van der Waals surface area contributed by atoms with Crippen molar-refractivity contribution in [3.63, 3.8) is 0 Å². The van der Waals surface area contributed by atoms with E-state index in [1.165, 1.54) is 49.7 Å². The zero-order valence-electron chi connectivity index (χ0n) is 23.0. The van der Waals surface area contributed by atoms with Gasteiger partial charge in [0, 0.05) is 0 Å². The first-order valence-electron chi connectivity index (χ1n) is 15.1. The van der Waals surface area contributed by atoms with E-state index >= 15 is 0 Å². The first-order chi connectivity index (χ1) is 17.4. The van der Waals surface area contributed by atoms with Crippen LogP contribution in [0.3, 0.4) is 0 Å². The van der Waals surface area contributed by atoms with Crippen LogP contribution in [0.1, 0.15) is 126 Å². The quantitative estimate of drug-likeness (QED) is 0.310. The van der Waals surface area contributed by atoms with E-state index in [2.05, 4.69) is 62.4 Å². The lowest BCUT2D eigenvalue weighted by Gasteiger charge is -2.36. The van der Waals surface area contributed by atoms with Crippen LogP contribution in [0.2, 0.25) is 0 Å². The van der Waals surface area contributed by atoms with E-state index in [0.29, 0.717) is 0 Å². The molecule has 2 aromatic rings. The Bertz CT molecular complexity index is 820. The van der Waals surface area contributed by atoms with Gasteiger partial charge < -0.3 is 10.2 Å². The highest BCUT2D eigenvalue weighted by Crippen LogP contribution is 2.42. The standard InChI is InChI=1S/C34H50O2/c1-3-7-27-19-23-33(35,24-20-27)31-15-11-29(12-16-31)9-5-6-10-30-13-17-32(18-14-30)34(36)25-21-28(8-4-2)22-26-34/h11-18,27-28,35-36H,3-10,19-26H2,1-2H3. The molecule has 0 amide bonds. The van der Waals surface area contributed by atoms with E-state index in [-0.39, 0.29) is 0 Å². The molecule has 0 atom stereocenters. The minimum atomic E-state index is -0.614. The molecule has 2 heteroatoms. The van der Waals surface area contributed by atoms with Gasteiger partial charge in [0.2, 0.25) is 0 Å². The van der Waals surface area contributed by atoms with Gasteiger partial charge in [-0.2, -0.15) is 0 Å². The summed E-state index contributed by atoms with van der Waals surface area (Å²) in [7, 11) is 0. The lowest BCUT2D eigenvalue weighted by Crippen LogP contribution is -2.31. The van der Waals surface area contributed by atoms with Crippen molar-refractivity contribution < 1.29 is 10.2 Å². The Balaban J connectivity index is 1.19. The number of benzene rings is 2. The van der Waals surface area contributed by atoms with Crippen LogP contribution < -0.4 is 0 Å². The van der Waals surface area contributed by atoms with Crippen LogP contribution in [0.15, 0.2) is 48.5 Å². The van der Waals surface area contributed by atoms with E-state index in [0.717, 1.165) is 87.2 Å². The summed E-state index contributed by atoms with van der Waals surface area (Å²) in [5, 5.41) is 22.4. The van der Waals surface area contributed by atoms with Crippen molar-refractivity contribution >= 4 is 0 Å². The molecule has 0 saturated heterocycles. The van der Waals surface area contributed by atoms with Gasteiger partial charge in [0.1, 0.15) is 0 Å². The molecule has 2 aromatic carbocycles. The molecule has 2 nitrogen and oxygen atoms in total. The summed E-state index contributed by atoms with van der Waals surface area (Å²) in [6.45, 7) is 4.53. The van der Waals surface area contributed by atoms with Crippen LogP contribution in [-0.4, -0.2) is 10.2 Å². The van der Waals surface area contributed by atoms with Crippen LogP contribution in [0.25, 0.3) is 0 Å². The van der Waals surface area contributed by atoms with Gasteiger partial charge in [0.25, 0.3) is 0 Å². The van der Waals surface area contributed by atoms with Crippen LogP contribution in [-0.2, 0) is 24.0 Å². The third-order valence-electron chi connectivity index (χ3n) is 9.42. The van der Waals surface area contributed by atoms with Gasteiger partial charge in [0.05, 0.1) is 11.2 Å². The second kappa shape index (κ2) is 12.7. The first kappa shape index (κ1) is 27.4. The van der Waals surface area contributed by atoms with Crippen molar-refractivity contribution in [1.82, 2.24) is 0 Å². The summed E-state index contributed by atoms with van der Waals surface area (Å²) in [5.41, 5.74) is 3.74. The fraction of sp³-hybridized carbons (Fsp3) is 0.647. The molecule has 2 aliphatic rings. The highest BCUT2D eigenvalue weighted by atomic mass is 16.3. The van der Waals surface area contributed by atoms with E-state index < -0.39 is 11.2 Å². The van der Waals surface area contributed by atoms with Gasteiger partial charge >= 0.3 is 0 Å². The zero-order chi connectivity index (χ0) is 25.4. The number of hydrogen-bond donors (Lipinski definition) is 2. The van der Waals surface area contributed by atoms with Gasteiger partial charge in [-0.05, 0) is 111 Å². The minimum absolute atomic E-state index is 0.614. The summed E-state index contributed by atoms with van der Waals surface area (Å²) < 4.78 is 0. The third kappa shape index (κ3) is 7.01. The van der Waals surface area contributed by atoms with Gasteiger partial charge in [-0.15, -0.1) is 0 Å². The molecular formula is C34H50O2. The number of aryl methyl sites for hydroxylation is 2. The first-order valence-corrected chi connectivity index (χ1v) is 15.1. The monoisotopic (exact) mass is 490 g/mol. The third-order valence-corrected chi connectivity index (χ3v) is 9.42. The van der Waals surface area contributed by atoms with Crippen molar-refractivity contribution in [1.29, 1.82) is 0 Å². The Kier molecular flexibility index (Phi) is 9.70. The second-order valence-corrected chi connectivity index (χ2v) is 12.1. The maximum Gasteiger partial charge on any atom is 0.0896 e. The van der Waals surface area contributed by atoms with Crippen molar-refractivity contribution in [2.24, 2.45) is 11.8 Å². The number of unbranched alkanes of at least 4 members (excludes halogenated alkanes) is 1. The molecule has 0 radical (unpaired) electrons. The van der Waals surface area contributed by atoms with Crippen molar-refractivity contribution in [3.05, 3.63) is 70.8 Å². The van der Waals surface area contributed by atoms with Crippen LogP contribution in [0, 0.1) is 11.8 Å². The Morgan fingerprint density at radius 2 is 0.917 bits per heavy atom. The van der Waals surface area contributed by atoms with E-state index in [1.807, 2.05) is 0 Å². The summed E-state index contributed by atoms with van der Waals surface area (Å²) in [4.78, 5) is 0. The Hall–Kier alpha value is -1.64. The molecule has 0 bridgehead atoms. The molecule has 0 unspecified atom stereocenters. The molecule has 0 heterocycles. The van der Waals surface area contributed by atoms with Crippen LogP contribution in [0.4, 0.5) is 0 Å². The van der Waals surface area contributed by atoms with E-state index in [9.17, 15) is 10.2 Å². The SMILES string of the molecule is CCCC1CCC(O)(c2ccc(CCCCc3ccc(C4(O)CCC(CCC)CC4)cc3)cc2)CC1. The predicted molar refractivity (Wildman–Crippen MR) is 151 cm³/mol. The predicted octanol–water partition coefficient (Wildman–Crippen LogP) is 8.61. The van der Waals surface area contributed by atoms with Crippen molar-refractivity contribution in [2.75, 3.05) is 0 Å². The molecule has 2 fully saturated rings. The lowest BCUT2D eigenvalue weighted by molar-refractivity contribution is -0.0155. The number of aliphatic hydroxyl groups is 2. The maximum absolute atomic E-state index is 11.2. The Morgan fingerprint density at radius 3 is 1.22 bits per heavy atom. The summed E-state index contributed by atoms with van der Waals surface area (Å²) >= 11 is 0. The highest BCUT2D eigenvalue weighted by Gasteiger charge is 2.35. The lowest BCUT2D eigenvalue weighted by atomic mass is 9.74. The largest absolute Gasteiger partial charge is 0.385 e. The van der Waals surface area contributed by atoms with Gasteiger partial charge in [-0.1, -0.05) is 88.1 Å². The number of rotatable bonds is 11. The Morgan fingerprint density at radius 1 is 0.583 bits per heavy atom. The van der Waals surface area contributed by atoms with E-state index in [4.69, 9.17) is 0 Å². The smallest absolute Gasteiger partial charge is 0.0896 e. The molecule has 2 N–H and O–H groups in total. The molecule has 0 aliphatic heterocycles. The average molecular weight is 491 g/mol. The molecule has 4 rings (SSSR count). The summed E-state index contributed by atoms with van der Waals surface area (Å²) in [6, 6.07) is 17.6. The van der Waals surface area contributed by atoms with Gasteiger partial charge in [0.15, 0.2) is 0 Å². The average Bonchev–Trinajstić information content (AvgIpc) is 2.90. The highest BCUT2D eigenvalue weighted by molar-refractivity contribution is 5.29. The summed E-state index contributed by atoms with van der Waals surface area (Å²) in [5.74, 6) is 1.61. The molecule has 36 heavy (non-hydrogen) atoms. The van der Waals surface area contributed by atoms with Crippen LogP contribution in [0.5, 0.6) is 0 Å². The Labute approximate surface area is 220 Å². The molecule has 2 saturated carbocycles. The molecule has 0 aromatic heterocycles. The minimum Gasteiger partial charge on any atom is -0.385 e. The van der Waals surface area contributed by atoms with Crippen LogP contribution >= 0.6 is 0 Å². The molecular weight excluding hydrogens is 440 g/mol. The molecule has 198 valence electrons. The maximum atomic E-state index is 11.2. The van der Waals surface area contributed by atoms with E-state index in [1.54, 1.807) is 0 Å². The molecule has 2 aliphatic carbocycles. The fourth-order valence-corrected chi connectivity index (χ4v) is 6.90.